The molecule has 1 fully saturated rings. The minimum Gasteiger partial charge on any atom is -0.468 e. The van der Waals surface area contributed by atoms with Crippen molar-refractivity contribution in [3.05, 3.63) is 30.5 Å². The van der Waals surface area contributed by atoms with Crippen molar-refractivity contribution in [3.63, 3.8) is 0 Å². The average molecular weight is 346 g/mol. The summed E-state index contributed by atoms with van der Waals surface area (Å²) in [5, 5.41) is 9.94. The van der Waals surface area contributed by atoms with Crippen LogP contribution in [-0.2, 0) is 0 Å². The monoisotopic (exact) mass is 346 g/mol. The number of nitrogens with one attached hydrogen (secondary N) is 2. The molecule has 25 heavy (non-hydrogen) atoms. The lowest BCUT2D eigenvalue weighted by molar-refractivity contribution is 0.233. The van der Waals surface area contributed by atoms with Crippen LogP contribution in [0, 0.1) is 0 Å². The highest BCUT2D eigenvalue weighted by Gasteiger charge is 2.19. The second-order valence-corrected chi connectivity index (χ2v) is 6.67. The van der Waals surface area contributed by atoms with Gasteiger partial charge >= 0.3 is 6.03 Å². The summed E-state index contributed by atoms with van der Waals surface area (Å²) in [5.41, 5.74) is 0. The van der Waals surface area contributed by atoms with E-state index >= 15 is 0 Å². The fourth-order valence-corrected chi connectivity index (χ4v) is 3.21. The van der Waals surface area contributed by atoms with Crippen LogP contribution in [0.1, 0.15) is 49.9 Å². The van der Waals surface area contributed by atoms with Crippen molar-refractivity contribution in [3.8, 4) is 0 Å². The quantitative estimate of drug-likeness (QED) is 0.840. The van der Waals surface area contributed by atoms with Gasteiger partial charge in [0.15, 0.2) is 0 Å². The Morgan fingerprint density at radius 3 is 2.88 bits per heavy atom. The second-order valence-electron chi connectivity index (χ2n) is 6.67. The lowest BCUT2D eigenvalue weighted by atomic mass is 9.96. The zero-order valence-corrected chi connectivity index (χ0v) is 14.8. The fourth-order valence-electron chi connectivity index (χ4n) is 3.21. The van der Waals surface area contributed by atoms with Gasteiger partial charge < -0.3 is 9.73 Å². The van der Waals surface area contributed by atoms with E-state index in [1.807, 2.05) is 35.8 Å². The van der Waals surface area contributed by atoms with Gasteiger partial charge in [-0.25, -0.2) is 14.5 Å². The third-order valence-electron chi connectivity index (χ3n) is 4.63. The molecule has 8 nitrogen and oxygen atoms in total. The Bertz CT molecular complexity index is 660. The lowest BCUT2D eigenvalue weighted by Crippen LogP contribution is -2.37. The molecule has 2 N–H and O–H groups in total. The van der Waals surface area contributed by atoms with E-state index in [4.69, 9.17) is 4.42 Å². The molecular formula is C17H26N6O2. The number of likely N-dealkylation sites (N-methyl/N-ethyl adjacent to an activating group) is 1. The summed E-state index contributed by atoms with van der Waals surface area (Å²) in [6.07, 6.45) is 9.34. The van der Waals surface area contributed by atoms with Crippen molar-refractivity contribution in [2.24, 2.45) is 0 Å². The molecule has 0 aromatic carbocycles. The molecule has 8 heteroatoms. The number of carbonyl (C=O) groups is 1. The number of rotatable bonds is 6. The number of urea groups is 1. The third-order valence-corrected chi connectivity index (χ3v) is 4.63. The maximum absolute atomic E-state index is 12.1. The van der Waals surface area contributed by atoms with Gasteiger partial charge in [-0.2, -0.15) is 0 Å². The molecule has 0 spiro atoms. The number of nitrogens with zero attached hydrogens (tertiary/aromatic N) is 4. The molecule has 2 aromatic rings. The summed E-state index contributed by atoms with van der Waals surface area (Å²) in [6.45, 7) is 0.426. The molecule has 2 aromatic heterocycles. The summed E-state index contributed by atoms with van der Waals surface area (Å²) in [5.74, 6) is 1.15. The predicted molar refractivity (Wildman–Crippen MR) is 94.3 cm³/mol. The standard InChI is InChI=1S/C17H26N6O2/c1-22(2)14(15-9-6-10-25-15)11-18-17(24)20-16-19-12-23(21-16)13-7-4-3-5-8-13/h6,9-10,12-14H,3-5,7-8,11H2,1-2H3,(H2,18,20,21,24)/t14-/m1/s1. The van der Waals surface area contributed by atoms with Crippen LogP contribution in [0.15, 0.2) is 29.1 Å². The van der Waals surface area contributed by atoms with Crippen LogP contribution in [-0.4, -0.2) is 46.3 Å². The van der Waals surface area contributed by atoms with Gasteiger partial charge in [0.1, 0.15) is 12.1 Å². The fraction of sp³-hybridized carbons (Fsp3) is 0.588. The van der Waals surface area contributed by atoms with Gasteiger partial charge in [-0.15, -0.1) is 5.10 Å². The second kappa shape index (κ2) is 8.15. The molecule has 0 aliphatic heterocycles. The zero-order chi connectivity index (χ0) is 17.6. The molecule has 1 aliphatic carbocycles. The largest absolute Gasteiger partial charge is 0.468 e. The minimum absolute atomic E-state index is 0.0338. The Morgan fingerprint density at radius 2 is 2.20 bits per heavy atom. The van der Waals surface area contributed by atoms with E-state index in [-0.39, 0.29) is 12.1 Å². The Hall–Kier alpha value is -2.35. The van der Waals surface area contributed by atoms with E-state index in [1.54, 1.807) is 12.6 Å². The maximum Gasteiger partial charge on any atom is 0.321 e. The van der Waals surface area contributed by atoms with Crippen molar-refractivity contribution in [2.45, 2.75) is 44.2 Å². The molecule has 3 rings (SSSR count). The van der Waals surface area contributed by atoms with Crippen molar-refractivity contribution >= 4 is 12.0 Å². The molecule has 1 aliphatic rings. The Balaban J connectivity index is 1.51. The van der Waals surface area contributed by atoms with Gasteiger partial charge in [0.05, 0.1) is 18.3 Å². The number of amides is 2. The van der Waals surface area contributed by atoms with E-state index in [2.05, 4.69) is 20.7 Å². The number of furan rings is 1. The zero-order valence-electron chi connectivity index (χ0n) is 14.8. The van der Waals surface area contributed by atoms with Gasteiger partial charge in [0.2, 0.25) is 5.95 Å². The molecular weight excluding hydrogens is 320 g/mol. The lowest BCUT2D eigenvalue weighted by Gasteiger charge is -2.22. The van der Waals surface area contributed by atoms with Crippen molar-refractivity contribution in [1.29, 1.82) is 0 Å². The van der Waals surface area contributed by atoms with Gasteiger partial charge in [-0.05, 0) is 39.1 Å². The van der Waals surface area contributed by atoms with Crippen LogP contribution in [0.5, 0.6) is 0 Å². The summed E-state index contributed by atoms with van der Waals surface area (Å²) in [4.78, 5) is 18.3. The smallest absolute Gasteiger partial charge is 0.321 e. The van der Waals surface area contributed by atoms with Crippen LogP contribution in [0.25, 0.3) is 0 Å². The van der Waals surface area contributed by atoms with Gasteiger partial charge in [0.25, 0.3) is 0 Å². The van der Waals surface area contributed by atoms with Crippen LogP contribution in [0.3, 0.4) is 0 Å². The van der Waals surface area contributed by atoms with Gasteiger partial charge in [-0.1, -0.05) is 19.3 Å². The van der Waals surface area contributed by atoms with Crippen molar-refractivity contribution in [2.75, 3.05) is 26.0 Å². The summed E-state index contributed by atoms with van der Waals surface area (Å²) >= 11 is 0. The predicted octanol–water partition coefficient (Wildman–Crippen LogP) is 2.80. The topological polar surface area (TPSA) is 88.2 Å². The first kappa shape index (κ1) is 17.5. The van der Waals surface area contributed by atoms with Gasteiger partial charge in [0, 0.05) is 6.54 Å². The molecule has 1 atom stereocenters. The molecule has 0 unspecified atom stereocenters. The summed E-state index contributed by atoms with van der Waals surface area (Å²) < 4.78 is 7.31. The highest BCUT2D eigenvalue weighted by molar-refractivity contribution is 5.87. The van der Waals surface area contributed by atoms with Gasteiger partial charge in [-0.3, -0.25) is 10.2 Å². The SMILES string of the molecule is CN(C)[C@H](CNC(=O)Nc1ncn(C2CCCCC2)n1)c1ccco1. The number of hydrogen-bond donors (Lipinski definition) is 2. The average Bonchev–Trinajstić information content (AvgIpc) is 3.28. The molecule has 0 bridgehead atoms. The Labute approximate surface area is 147 Å². The van der Waals surface area contributed by atoms with E-state index in [9.17, 15) is 4.79 Å². The summed E-state index contributed by atoms with van der Waals surface area (Å²) in [7, 11) is 3.89. The number of anilines is 1. The Kier molecular flexibility index (Phi) is 5.70. The van der Waals surface area contributed by atoms with Crippen LogP contribution in [0.2, 0.25) is 0 Å². The number of hydrogen-bond acceptors (Lipinski definition) is 5. The molecule has 2 heterocycles. The third kappa shape index (κ3) is 4.60. The molecule has 1 saturated carbocycles. The summed E-state index contributed by atoms with van der Waals surface area (Å²) in [6, 6.07) is 3.79. The van der Waals surface area contributed by atoms with Crippen LogP contribution in [0.4, 0.5) is 10.7 Å². The number of aromatic nitrogens is 3. The van der Waals surface area contributed by atoms with Crippen LogP contribution < -0.4 is 10.6 Å². The first-order chi connectivity index (χ1) is 12.1. The normalized spacial score (nSPS) is 16.8. The van der Waals surface area contributed by atoms with Crippen LogP contribution >= 0.6 is 0 Å². The number of carbonyl (C=O) groups excluding carboxylic acids is 1. The molecule has 0 saturated heterocycles. The molecule has 136 valence electrons. The highest BCUT2D eigenvalue weighted by Crippen LogP contribution is 2.27. The minimum atomic E-state index is -0.320. The first-order valence-electron chi connectivity index (χ1n) is 8.79. The van der Waals surface area contributed by atoms with E-state index < -0.39 is 0 Å². The van der Waals surface area contributed by atoms with Crippen molar-refractivity contribution < 1.29 is 9.21 Å². The Morgan fingerprint density at radius 1 is 1.40 bits per heavy atom. The maximum atomic E-state index is 12.1. The molecule has 2 amide bonds. The first-order valence-corrected chi connectivity index (χ1v) is 8.79. The van der Waals surface area contributed by atoms with E-state index in [0.717, 1.165) is 18.6 Å². The highest BCUT2D eigenvalue weighted by atomic mass is 16.3. The van der Waals surface area contributed by atoms with Crippen molar-refractivity contribution in [1.82, 2.24) is 25.0 Å². The van der Waals surface area contributed by atoms with E-state index in [1.165, 1.54) is 19.3 Å². The molecule has 0 radical (unpaired) electrons. The van der Waals surface area contributed by atoms with E-state index in [0.29, 0.717) is 18.5 Å².